The zero-order valence-electron chi connectivity index (χ0n) is 19.6. The predicted octanol–water partition coefficient (Wildman–Crippen LogP) is 3.80. The summed E-state index contributed by atoms with van der Waals surface area (Å²) in [5.41, 5.74) is 3.38. The van der Waals surface area contributed by atoms with Crippen LogP contribution in [0.3, 0.4) is 0 Å². The van der Waals surface area contributed by atoms with Gasteiger partial charge in [0.05, 0.1) is 6.20 Å². The number of benzene rings is 2. The lowest BCUT2D eigenvalue weighted by Crippen LogP contribution is -2.44. The van der Waals surface area contributed by atoms with Crippen molar-refractivity contribution in [3.63, 3.8) is 0 Å². The number of hydrogen-bond donors (Lipinski definition) is 2. The minimum atomic E-state index is -0.433. The summed E-state index contributed by atoms with van der Waals surface area (Å²) in [6.07, 6.45) is 2.18. The molecule has 34 heavy (non-hydrogen) atoms. The lowest BCUT2D eigenvalue weighted by molar-refractivity contribution is 0.313. The van der Waals surface area contributed by atoms with Gasteiger partial charge in [-0.3, -0.25) is 4.90 Å². The quantitative estimate of drug-likeness (QED) is 0.555. The first kappa shape index (κ1) is 22.6. The van der Waals surface area contributed by atoms with Crippen molar-refractivity contribution in [3.8, 4) is 0 Å². The minimum absolute atomic E-state index is 0.156. The highest BCUT2D eigenvalue weighted by Gasteiger charge is 2.24. The summed E-state index contributed by atoms with van der Waals surface area (Å²) in [5.74, 6) is 0.200. The molecule has 2 saturated heterocycles. The van der Waals surface area contributed by atoms with Crippen molar-refractivity contribution in [1.82, 2.24) is 19.8 Å². The van der Waals surface area contributed by atoms with Crippen LogP contribution in [0.15, 0.2) is 60.8 Å². The topological polar surface area (TPSA) is 59.6 Å². The van der Waals surface area contributed by atoms with Crippen LogP contribution in [-0.4, -0.2) is 72.1 Å². The molecule has 178 valence electrons. The fourth-order valence-electron chi connectivity index (χ4n) is 4.61. The number of anilines is 4. The van der Waals surface area contributed by atoms with Crippen molar-refractivity contribution in [2.24, 2.45) is 0 Å². The van der Waals surface area contributed by atoms with Crippen molar-refractivity contribution in [3.05, 3.63) is 72.2 Å². The van der Waals surface area contributed by atoms with Crippen molar-refractivity contribution < 1.29 is 4.39 Å². The van der Waals surface area contributed by atoms with Crippen LogP contribution in [0.2, 0.25) is 0 Å². The van der Waals surface area contributed by atoms with E-state index >= 15 is 0 Å². The largest absolute Gasteiger partial charge is 0.369 e. The zero-order chi connectivity index (χ0) is 23.3. The third-order valence-corrected chi connectivity index (χ3v) is 6.60. The molecule has 0 bridgehead atoms. The van der Waals surface area contributed by atoms with Gasteiger partial charge in [-0.2, -0.15) is 4.98 Å². The number of likely N-dealkylation sites (N-methyl/N-ethyl adjacent to an activating group) is 1. The third-order valence-electron chi connectivity index (χ3n) is 6.60. The van der Waals surface area contributed by atoms with Crippen molar-refractivity contribution in [1.29, 1.82) is 0 Å². The van der Waals surface area contributed by atoms with Crippen molar-refractivity contribution >= 4 is 23.1 Å². The first-order valence-corrected chi connectivity index (χ1v) is 12.0. The van der Waals surface area contributed by atoms with E-state index in [1.165, 1.54) is 17.4 Å². The molecule has 5 rings (SSSR count). The van der Waals surface area contributed by atoms with Crippen molar-refractivity contribution in [2.75, 3.05) is 61.8 Å². The van der Waals surface area contributed by atoms with Crippen LogP contribution in [0.1, 0.15) is 12.0 Å². The van der Waals surface area contributed by atoms with Gasteiger partial charge in [0.15, 0.2) is 11.6 Å². The van der Waals surface area contributed by atoms with Crippen LogP contribution in [0, 0.1) is 5.82 Å². The van der Waals surface area contributed by atoms with E-state index in [1.54, 1.807) is 0 Å². The Bertz CT molecular complexity index is 1070. The summed E-state index contributed by atoms with van der Waals surface area (Å²) in [7, 11) is 2.16. The Hall–Kier alpha value is -3.23. The molecule has 2 aromatic carbocycles. The van der Waals surface area contributed by atoms with Gasteiger partial charge in [-0.05, 0) is 43.3 Å². The average molecular weight is 462 g/mol. The summed E-state index contributed by atoms with van der Waals surface area (Å²) >= 11 is 0. The molecule has 2 aliphatic heterocycles. The Labute approximate surface area is 200 Å². The molecule has 1 atom stereocenters. The number of aromatic nitrogens is 2. The number of likely N-dealkylation sites (tertiary alicyclic amines) is 1. The molecule has 8 heteroatoms. The van der Waals surface area contributed by atoms with Gasteiger partial charge in [-0.15, -0.1) is 0 Å². The first-order valence-electron chi connectivity index (χ1n) is 12.0. The summed E-state index contributed by atoms with van der Waals surface area (Å²) in [6.45, 7) is 6.95. The fourth-order valence-corrected chi connectivity index (χ4v) is 4.61. The number of piperazine rings is 1. The molecule has 2 fully saturated rings. The second-order valence-corrected chi connectivity index (χ2v) is 9.20. The van der Waals surface area contributed by atoms with E-state index in [2.05, 4.69) is 78.7 Å². The van der Waals surface area contributed by atoms with Gasteiger partial charge in [0.25, 0.3) is 0 Å². The number of rotatable bonds is 7. The molecule has 3 aromatic rings. The molecule has 2 N–H and O–H groups in total. The normalized spacial score (nSPS) is 19.4. The molecule has 1 aromatic heterocycles. The highest BCUT2D eigenvalue weighted by Crippen LogP contribution is 2.23. The van der Waals surface area contributed by atoms with E-state index in [1.807, 2.05) is 18.2 Å². The highest BCUT2D eigenvalue weighted by molar-refractivity contribution is 5.60. The molecule has 0 spiro atoms. The summed E-state index contributed by atoms with van der Waals surface area (Å²) < 4.78 is 14.5. The van der Waals surface area contributed by atoms with Crippen LogP contribution in [0.5, 0.6) is 0 Å². The Kier molecular flexibility index (Phi) is 6.87. The SMILES string of the molecule is CN1CCN(c2ccc(Nc3ncc(F)c(N[C@H]4CCN(Cc5ccccc5)C4)n3)cc2)CC1. The Morgan fingerprint density at radius 3 is 2.50 bits per heavy atom. The van der Waals surface area contributed by atoms with Gasteiger partial charge < -0.3 is 20.4 Å². The molecule has 0 unspecified atom stereocenters. The average Bonchev–Trinajstić information content (AvgIpc) is 3.29. The third kappa shape index (κ3) is 5.63. The van der Waals surface area contributed by atoms with Gasteiger partial charge in [-0.1, -0.05) is 30.3 Å². The van der Waals surface area contributed by atoms with Crippen molar-refractivity contribution in [2.45, 2.75) is 19.0 Å². The Morgan fingerprint density at radius 1 is 0.971 bits per heavy atom. The number of halogens is 1. The fraction of sp³-hybridized carbons (Fsp3) is 0.385. The van der Waals surface area contributed by atoms with Gasteiger partial charge in [0.1, 0.15) is 0 Å². The standard InChI is InChI=1S/C26H32FN7/c1-32-13-15-34(16-14-32)23-9-7-21(8-10-23)30-26-28-17-24(27)25(31-26)29-22-11-12-33(19-22)18-20-5-3-2-4-6-20/h2-10,17,22H,11-16,18-19H2,1H3,(H2,28,29,30,31)/t22-/m0/s1. The van der Waals surface area contributed by atoms with E-state index in [0.29, 0.717) is 5.95 Å². The van der Waals surface area contributed by atoms with E-state index in [9.17, 15) is 4.39 Å². The summed E-state index contributed by atoms with van der Waals surface area (Å²) in [6, 6.07) is 18.8. The molecule has 2 aliphatic rings. The zero-order valence-corrected chi connectivity index (χ0v) is 19.6. The van der Waals surface area contributed by atoms with Gasteiger partial charge >= 0.3 is 0 Å². The predicted molar refractivity (Wildman–Crippen MR) is 135 cm³/mol. The molecule has 0 saturated carbocycles. The number of hydrogen-bond acceptors (Lipinski definition) is 7. The van der Waals surface area contributed by atoms with Gasteiger partial charge in [0, 0.05) is 63.2 Å². The Morgan fingerprint density at radius 2 is 1.74 bits per heavy atom. The van der Waals surface area contributed by atoms with E-state index in [0.717, 1.165) is 57.9 Å². The van der Waals surface area contributed by atoms with Gasteiger partial charge in [0.2, 0.25) is 5.95 Å². The Balaban J connectivity index is 1.18. The maximum absolute atomic E-state index is 14.5. The lowest BCUT2D eigenvalue weighted by atomic mass is 10.2. The minimum Gasteiger partial charge on any atom is -0.369 e. The second-order valence-electron chi connectivity index (χ2n) is 9.20. The molecule has 0 radical (unpaired) electrons. The molecule has 0 aliphatic carbocycles. The van der Waals surface area contributed by atoms with Crippen LogP contribution in [0.4, 0.5) is 27.5 Å². The lowest BCUT2D eigenvalue weighted by Gasteiger charge is -2.34. The van der Waals surface area contributed by atoms with E-state index < -0.39 is 5.82 Å². The van der Waals surface area contributed by atoms with Gasteiger partial charge in [-0.25, -0.2) is 9.37 Å². The number of nitrogens with zero attached hydrogens (tertiary/aromatic N) is 5. The summed E-state index contributed by atoms with van der Waals surface area (Å²) in [5, 5.41) is 6.50. The van der Waals surface area contributed by atoms with Crippen LogP contribution >= 0.6 is 0 Å². The summed E-state index contributed by atoms with van der Waals surface area (Å²) in [4.78, 5) is 15.7. The van der Waals surface area contributed by atoms with E-state index in [4.69, 9.17) is 0 Å². The molecule has 3 heterocycles. The second kappa shape index (κ2) is 10.4. The first-order chi connectivity index (χ1) is 16.6. The maximum atomic E-state index is 14.5. The molecular formula is C26H32FN7. The van der Waals surface area contributed by atoms with Crippen LogP contribution in [0.25, 0.3) is 0 Å². The molecular weight excluding hydrogens is 429 g/mol. The molecule has 0 amide bonds. The maximum Gasteiger partial charge on any atom is 0.229 e. The smallest absolute Gasteiger partial charge is 0.229 e. The molecule has 7 nitrogen and oxygen atoms in total. The van der Waals surface area contributed by atoms with Crippen LogP contribution < -0.4 is 15.5 Å². The number of nitrogens with one attached hydrogen (secondary N) is 2. The van der Waals surface area contributed by atoms with Crippen LogP contribution in [-0.2, 0) is 6.54 Å². The highest BCUT2D eigenvalue weighted by atomic mass is 19.1. The van der Waals surface area contributed by atoms with E-state index in [-0.39, 0.29) is 11.9 Å². The monoisotopic (exact) mass is 461 g/mol.